The Labute approximate surface area is 77.4 Å². The molecule has 0 saturated carbocycles. The lowest BCUT2D eigenvalue weighted by molar-refractivity contribution is -0.150. The summed E-state index contributed by atoms with van der Waals surface area (Å²) in [6.45, 7) is 3.10. The van der Waals surface area contributed by atoms with Gasteiger partial charge in [0.05, 0.1) is 0 Å². The summed E-state index contributed by atoms with van der Waals surface area (Å²) < 4.78 is 0. The Morgan fingerprint density at radius 3 is 2.42 bits per heavy atom. The van der Waals surface area contributed by atoms with E-state index in [1.807, 2.05) is 0 Å². The molecule has 0 aromatic rings. The van der Waals surface area contributed by atoms with Gasteiger partial charge < -0.3 is 33.5 Å². The Hall–Kier alpha value is -0.620. The largest absolute Gasteiger partial charge is 1.00 e. The monoisotopic (exact) mass is 197 g/mol. The summed E-state index contributed by atoms with van der Waals surface area (Å²) in [5, 5.41) is 25.9. The van der Waals surface area contributed by atoms with Crippen molar-refractivity contribution in [3.63, 3.8) is 0 Å². The van der Waals surface area contributed by atoms with Crippen LogP contribution in [0.25, 0.3) is 0 Å². The van der Waals surface area contributed by atoms with E-state index in [1.54, 1.807) is 0 Å². The summed E-state index contributed by atoms with van der Waals surface area (Å²) in [4.78, 5) is 10.1. The second kappa shape index (κ2) is 5.10. The Morgan fingerprint density at radius 2 is 2.17 bits per heavy atom. The van der Waals surface area contributed by atoms with E-state index in [9.17, 15) is 4.79 Å². The molecule has 0 aliphatic carbocycles. The van der Waals surface area contributed by atoms with Crippen LogP contribution in [0, 0.1) is 0 Å². The van der Waals surface area contributed by atoms with Crippen molar-refractivity contribution in [2.75, 3.05) is 0 Å². The summed E-state index contributed by atoms with van der Waals surface area (Å²) in [5.41, 5.74) is 5.01. The number of nitrogens with two attached hydrogens (primary N) is 1. The van der Waals surface area contributed by atoms with Crippen LogP contribution < -0.4 is 18.1 Å². The zero-order valence-corrected chi connectivity index (χ0v) is 7.03. The van der Waals surface area contributed by atoms with Gasteiger partial charge in [0, 0.05) is 6.42 Å². The van der Waals surface area contributed by atoms with Gasteiger partial charge in [0.2, 0.25) is 0 Å². The van der Waals surface area contributed by atoms with E-state index in [-0.39, 0.29) is 13.8 Å². The number of rotatable bonds is 4. The van der Waals surface area contributed by atoms with Crippen LogP contribution in [-0.4, -0.2) is 33.1 Å². The van der Waals surface area contributed by atoms with E-state index in [0.29, 0.717) is 0 Å². The van der Waals surface area contributed by atoms with Gasteiger partial charge in [-0.1, -0.05) is 6.58 Å². The predicted molar refractivity (Wildman–Crippen MR) is 38.7 cm³/mol. The van der Waals surface area contributed by atoms with Gasteiger partial charge in [0.1, 0.15) is 6.04 Å². The van der Waals surface area contributed by atoms with Crippen LogP contribution in [0.1, 0.15) is 7.85 Å². The SMILES string of the molecule is C=CC(O)(O)C[C@H](N)C(=O)O.[Cl-].[H+]. The molecule has 0 fully saturated rings. The molecule has 12 heavy (non-hydrogen) atoms. The average Bonchev–Trinajstić information content (AvgIpc) is 1.87. The Balaban J connectivity index is -0.000000500. The molecule has 72 valence electrons. The molecule has 0 saturated heterocycles. The van der Waals surface area contributed by atoms with Crippen molar-refractivity contribution in [1.82, 2.24) is 0 Å². The average molecular weight is 198 g/mol. The van der Waals surface area contributed by atoms with Gasteiger partial charge in [0.25, 0.3) is 0 Å². The van der Waals surface area contributed by atoms with Crippen LogP contribution in [0.15, 0.2) is 12.7 Å². The van der Waals surface area contributed by atoms with Gasteiger partial charge in [-0.15, -0.1) is 0 Å². The third-order valence-electron chi connectivity index (χ3n) is 1.16. The van der Waals surface area contributed by atoms with Gasteiger partial charge in [-0.05, 0) is 6.08 Å². The maximum Gasteiger partial charge on any atom is 1.00 e. The van der Waals surface area contributed by atoms with Crippen LogP contribution in [0.5, 0.6) is 0 Å². The van der Waals surface area contributed by atoms with Crippen LogP contribution in [0.2, 0.25) is 0 Å². The highest BCUT2D eigenvalue weighted by molar-refractivity contribution is 5.73. The summed E-state index contributed by atoms with van der Waals surface area (Å²) in [6.07, 6.45) is 0.363. The molecule has 5 N–H and O–H groups in total. The molecule has 0 amide bonds. The van der Waals surface area contributed by atoms with Crippen LogP contribution in [0.4, 0.5) is 0 Å². The Kier molecular flexibility index (Phi) is 5.92. The maximum absolute atomic E-state index is 10.1. The third-order valence-corrected chi connectivity index (χ3v) is 1.16. The number of hydrogen-bond acceptors (Lipinski definition) is 4. The predicted octanol–water partition coefficient (Wildman–Crippen LogP) is -4.23. The van der Waals surface area contributed by atoms with Gasteiger partial charge >= 0.3 is 7.40 Å². The molecule has 6 heteroatoms. The first-order valence-electron chi connectivity index (χ1n) is 2.96. The zero-order valence-electron chi connectivity index (χ0n) is 7.27. The molecule has 0 spiro atoms. The normalized spacial score (nSPS) is 12.9. The fourth-order valence-electron chi connectivity index (χ4n) is 0.494. The number of carboxylic acids is 1. The van der Waals surface area contributed by atoms with Gasteiger partial charge in [-0.25, -0.2) is 0 Å². The van der Waals surface area contributed by atoms with E-state index < -0.39 is 24.2 Å². The second-order valence-electron chi connectivity index (χ2n) is 2.23. The molecule has 0 rings (SSSR count). The molecule has 1 atom stereocenters. The highest BCUT2D eigenvalue weighted by Crippen LogP contribution is 2.08. The minimum absolute atomic E-state index is 0. The minimum Gasteiger partial charge on any atom is -1.00 e. The summed E-state index contributed by atoms with van der Waals surface area (Å²) in [5.74, 6) is -3.48. The van der Waals surface area contributed by atoms with Crippen LogP contribution >= 0.6 is 0 Å². The molecule has 0 aliphatic rings. The quantitative estimate of drug-likeness (QED) is 0.270. The van der Waals surface area contributed by atoms with Gasteiger partial charge in [-0.2, -0.15) is 0 Å². The third kappa shape index (κ3) is 5.09. The standard InChI is InChI=1S/C6H11NO4.ClH/c1-2-6(10,11)3-4(7)5(8)9;/h2,4,10-11H,1,3,7H2,(H,8,9);1H/t4-;/m0./s1. The molecule has 0 aromatic heterocycles. The lowest BCUT2D eigenvalue weighted by Gasteiger charge is -2.18. The smallest absolute Gasteiger partial charge is 1.00 e. The summed E-state index contributed by atoms with van der Waals surface area (Å²) >= 11 is 0. The highest BCUT2D eigenvalue weighted by atomic mass is 35.5. The van der Waals surface area contributed by atoms with Crippen molar-refractivity contribution in [2.45, 2.75) is 18.2 Å². The molecule has 0 radical (unpaired) electrons. The van der Waals surface area contributed by atoms with E-state index in [1.165, 1.54) is 0 Å². The number of carbonyl (C=O) groups is 1. The maximum atomic E-state index is 10.1. The zero-order chi connectivity index (χ0) is 9.07. The highest BCUT2D eigenvalue weighted by Gasteiger charge is 2.25. The number of aliphatic carboxylic acids is 1. The first-order valence-corrected chi connectivity index (χ1v) is 2.96. The molecular weight excluding hydrogens is 186 g/mol. The topological polar surface area (TPSA) is 104 Å². The van der Waals surface area contributed by atoms with Crippen molar-refractivity contribution < 1.29 is 33.9 Å². The number of halogens is 1. The van der Waals surface area contributed by atoms with E-state index in [4.69, 9.17) is 21.1 Å². The Morgan fingerprint density at radius 1 is 1.75 bits per heavy atom. The van der Waals surface area contributed by atoms with Crippen molar-refractivity contribution in [3.05, 3.63) is 12.7 Å². The number of hydrogen-bond donors (Lipinski definition) is 4. The van der Waals surface area contributed by atoms with E-state index >= 15 is 0 Å². The molecule has 0 aliphatic heterocycles. The molecule has 0 bridgehead atoms. The van der Waals surface area contributed by atoms with Crippen molar-refractivity contribution in [3.8, 4) is 0 Å². The van der Waals surface area contributed by atoms with E-state index in [0.717, 1.165) is 6.08 Å². The lowest BCUT2D eigenvalue weighted by Crippen LogP contribution is -3.00. The molecular formula is C6H12ClNO4. The molecule has 0 unspecified atom stereocenters. The molecule has 5 nitrogen and oxygen atoms in total. The first-order chi connectivity index (χ1) is 4.89. The lowest BCUT2D eigenvalue weighted by atomic mass is 10.1. The summed E-state index contributed by atoms with van der Waals surface area (Å²) in [7, 11) is 0. The molecule has 0 heterocycles. The van der Waals surface area contributed by atoms with Crippen molar-refractivity contribution in [2.24, 2.45) is 5.73 Å². The fraction of sp³-hybridized carbons (Fsp3) is 0.500. The van der Waals surface area contributed by atoms with Crippen molar-refractivity contribution in [1.29, 1.82) is 0 Å². The van der Waals surface area contributed by atoms with Gasteiger partial charge in [-0.3, -0.25) is 4.79 Å². The first kappa shape index (κ1) is 13.9. The second-order valence-corrected chi connectivity index (χ2v) is 2.23. The van der Waals surface area contributed by atoms with Crippen LogP contribution in [-0.2, 0) is 4.79 Å². The van der Waals surface area contributed by atoms with Crippen LogP contribution in [0.3, 0.4) is 0 Å². The fourth-order valence-corrected chi connectivity index (χ4v) is 0.494. The van der Waals surface area contributed by atoms with E-state index in [2.05, 4.69) is 6.58 Å². The Bertz CT molecular complexity index is 176. The molecule has 0 aromatic carbocycles. The van der Waals surface area contributed by atoms with Crippen molar-refractivity contribution >= 4 is 5.97 Å². The summed E-state index contributed by atoms with van der Waals surface area (Å²) in [6, 6.07) is -1.29. The number of carboxylic acid groups (broad SMARTS) is 1. The number of aliphatic hydroxyl groups is 2. The van der Waals surface area contributed by atoms with Gasteiger partial charge in [0.15, 0.2) is 5.79 Å². The minimum atomic E-state index is -2.20.